The van der Waals surface area contributed by atoms with E-state index in [1.54, 1.807) is 0 Å². The summed E-state index contributed by atoms with van der Waals surface area (Å²) < 4.78 is 26.3. The van der Waals surface area contributed by atoms with Crippen LogP contribution >= 0.6 is 0 Å². The zero-order chi connectivity index (χ0) is 13.9. The number of nitrogens with zero attached hydrogens (tertiary/aromatic N) is 2. The Bertz CT molecular complexity index is 359. The van der Waals surface area contributed by atoms with E-state index in [-0.39, 0.29) is 18.4 Å². The van der Waals surface area contributed by atoms with Gasteiger partial charge in [0.2, 0.25) is 0 Å². The summed E-state index contributed by atoms with van der Waals surface area (Å²) in [7, 11) is -0.680. The molecule has 0 unspecified atom stereocenters. The van der Waals surface area contributed by atoms with E-state index in [4.69, 9.17) is 5.11 Å². The van der Waals surface area contributed by atoms with Crippen LogP contribution in [0.25, 0.3) is 0 Å². The Kier molecular flexibility index (Phi) is 5.57. The molecule has 0 fully saturated rings. The molecule has 0 heterocycles. The van der Waals surface area contributed by atoms with Crippen LogP contribution in [0.2, 0.25) is 0 Å². The lowest BCUT2D eigenvalue weighted by molar-refractivity contribution is -0.137. The maximum absolute atomic E-state index is 12.0. The molecule has 0 rings (SSSR count). The van der Waals surface area contributed by atoms with Gasteiger partial charge in [-0.1, -0.05) is 20.8 Å². The first kappa shape index (κ1) is 16.3. The molecule has 0 amide bonds. The van der Waals surface area contributed by atoms with Gasteiger partial charge in [0.15, 0.2) is 0 Å². The molecule has 0 atom stereocenters. The summed E-state index contributed by atoms with van der Waals surface area (Å²) in [6.07, 6.45) is -0.195. The zero-order valence-electron chi connectivity index (χ0n) is 11.1. The molecule has 1 N–H and O–H groups in total. The summed E-state index contributed by atoms with van der Waals surface area (Å²) in [6.45, 7) is 6.18. The van der Waals surface area contributed by atoms with Crippen LogP contribution in [0.3, 0.4) is 0 Å². The van der Waals surface area contributed by atoms with E-state index in [0.717, 1.165) is 4.31 Å². The molecule has 0 aliphatic rings. The second-order valence-electron chi connectivity index (χ2n) is 5.29. The van der Waals surface area contributed by atoms with E-state index in [9.17, 15) is 13.2 Å². The van der Waals surface area contributed by atoms with E-state index in [0.29, 0.717) is 6.54 Å². The number of carbonyl (C=O) groups is 1. The highest BCUT2D eigenvalue weighted by molar-refractivity contribution is 7.86. The molecule has 0 aliphatic carbocycles. The molecular weight excluding hydrogens is 244 g/mol. The highest BCUT2D eigenvalue weighted by Crippen LogP contribution is 2.17. The number of carboxylic acid groups (broad SMARTS) is 1. The summed E-state index contributed by atoms with van der Waals surface area (Å²) in [5, 5.41) is 8.52. The molecule has 17 heavy (non-hydrogen) atoms. The Balaban J connectivity index is 4.60. The van der Waals surface area contributed by atoms with Crippen molar-refractivity contribution < 1.29 is 18.3 Å². The van der Waals surface area contributed by atoms with Gasteiger partial charge in [0.25, 0.3) is 10.2 Å². The van der Waals surface area contributed by atoms with Crippen LogP contribution in [0.1, 0.15) is 27.2 Å². The highest BCUT2D eigenvalue weighted by Gasteiger charge is 2.27. The fourth-order valence-corrected chi connectivity index (χ4v) is 2.70. The van der Waals surface area contributed by atoms with Crippen LogP contribution in [0.5, 0.6) is 0 Å². The first-order chi connectivity index (χ1) is 7.47. The van der Waals surface area contributed by atoms with Crippen molar-refractivity contribution in [1.29, 1.82) is 0 Å². The fraction of sp³-hybridized carbons (Fsp3) is 0.900. The van der Waals surface area contributed by atoms with E-state index in [2.05, 4.69) is 0 Å². The van der Waals surface area contributed by atoms with Gasteiger partial charge in [-0.05, 0) is 5.41 Å². The van der Waals surface area contributed by atoms with Crippen LogP contribution in [-0.4, -0.2) is 55.3 Å². The third-order valence-electron chi connectivity index (χ3n) is 2.13. The molecule has 0 aliphatic heterocycles. The molecule has 0 aromatic heterocycles. The summed E-state index contributed by atoms with van der Waals surface area (Å²) in [5.41, 5.74) is -0.143. The standard InChI is InChI=1S/C10H22N2O4S/c1-10(2,3)8-12(5)17(15,16)11(4)7-6-9(13)14/h6-8H2,1-5H3,(H,13,14). The van der Waals surface area contributed by atoms with Crippen molar-refractivity contribution >= 4 is 16.2 Å². The van der Waals surface area contributed by atoms with E-state index in [1.807, 2.05) is 20.8 Å². The average molecular weight is 266 g/mol. The van der Waals surface area contributed by atoms with Crippen molar-refractivity contribution in [2.75, 3.05) is 27.2 Å². The van der Waals surface area contributed by atoms with Gasteiger partial charge in [-0.25, -0.2) is 0 Å². The van der Waals surface area contributed by atoms with E-state index < -0.39 is 16.2 Å². The largest absolute Gasteiger partial charge is 0.481 e. The zero-order valence-corrected chi connectivity index (χ0v) is 11.9. The van der Waals surface area contributed by atoms with Crippen molar-refractivity contribution in [3.8, 4) is 0 Å². The molecule has 0 saturated heterocycles. The Hall–Kier alpha value is -0.660. The number of carboxylic acids is 1. The molecule has 0 radical (unpaired) electrons. The number of aliphatic carboxylic acids is 1. The SMILES string of the molecule is CN(CCC(=O)O)S(=O)(=O)N(C)CC(C)(C)C. The third kappa shape index (κ3) is 5.99. The quantitative estimate of drug-likeness (QED) is 0.764. The number of hydrogen-bond acceptors (Lipinski definition) is 3. The molecular formula is C10H22N2O4S. The normalized spacial score (nSPS) is 13.4. The summed E-state index contributed by atoms with van der Waals surface area (Å²) >= 11 is 0. The topological polar surface area (TPSA) is 77.9 Å². The first-order valence-electron chi connectivity index (χ1n) is 5.36. The van der Waals surface area contributed by atoms with E-state index >= 15 is 0 Å². The lowest BCUT2D eigenvalue weighted by atomic mass is 9.97. The van der Waals surface area contributed by atoms with Gasteiger partial charge in [-0.2, -0.15) is 17.0 Å². The molecule has 0 saturated carbocycles. The van der Waals surface area contributed by atoms with Gasteiger partial charge in [-0.15, -0.1) is 0 Å². The molecule has 0 aromatic rings. The second-order valence-corrected chi connectivity index (χ2v) is 7.43. The molecule has 0 aromatic carbocycles. The van der Waals surface area contributed by atoms with Crippen LogP contribution in [-0.2, 0) is 15.0 Å². The Morgan fingerprint density at radius 3 is 2.00 bits per heavy atom. The molecule has 6 nitrogen and oxygen atoms in total. The van der Waals surface area contributed by atoms with Gasteiger partial charge in [0, 0.05) is 27.2 Å². The van der Waals surface area contributed by atoms with Crippen molar-refractivity contribution in [2.45, 2.75) is 27.2 Å². The molecule has 102 valence electrons. The van der Waals surface area contributed by atoms with Gasteiger partial charge >= 0.3 is 5.97 Å². The lowest BCUT2D eigenvalue weighted by Gasteiger charge is -2.29. The van der Waals surface area contributed by atoms with Crippen LogP contribution < -0.4 is 0 Å². The maximum Gasteiger partial charge on any atom is 0.304 e. The highest BCUT2D eigenvalue weighted by atomic mass is 32.2. The minimum absolute atomic E-state index is 0.0217. The van der Waals surface area contributed by atoms with Crippen LogP contribution in [0, 0.1) is 5.41 Å². The molecule has 0 bridgehead atoms. The maximum atomic E-state index is 12.0. The fourth-order valence-electron chi connectivity index (χ4n) is 1.36. The predicted octanol–water partition coefficient (Wildman–Crippen LogP) is 0.616. The number of hydrogen-bond donors (Lipinski definition) is 1. The monoisotopic (exact) mass is 266 g/mol. The van der Waals surface area contributed by atoms with Gasteiger partial charge in [0.1, 0.15) is 0 Å². The van der Waals surface area contributed by atoms with Gasteiger partial charge in [-0.3, -0.25) is 4.79 Å². The summed E-state index contributed by atoms with van der Waals surface area (Å²) in [5.74, 6) is -1.01. The van der Waals surface area contributed by atoms with Crippen molar-refractivity contribution in [2.24, 2.45) is 5.41 Å². The predicted molar refractivity (Wildman–Crippen MR) is 65.9 cm³/mol. The van der Waals surface area contributed by atoms with Gasteiger partial charge in [0.05, 0.1) is 6.42 Å². The van der Waals surface area contributed by atoms with Crippen molar-refractivity contribution in [3.63, 3.8) is 0 Å². The van der Waals surface area contributed by atoms with Crippen molar-refractivity contribution in [1.82, 2.24) is 8.61 Å². The van der Waals surface area contributed by atoms with E-state index in [1.165, 1.54) is 18.4 Å². The minimum Gasteiger partial charge on any atom is -0.481 e. The second kappa shape index (κ2) is 5.79. The van der Waals surface area contributed by atoms with Crippen LogP contribution in [0.15, 0.2) is 0 Å². The Morgan fingerprint density at radius 1 is 1.18 bits per heavy atom. The summed E-state index contributed by atoms with van der Waals surface area (Å²) in [4.78, 5) is 10.4. The first-order valence-corrected chi connectivity index (χ1v) is 6.76. The lowest BCUT2D eigenvalue weighted by Crippen LogP contribution is -2.43. The summed E-state index contributed by atoms with van der Waals surface area (Å²) in [6, 6.07) is 0. The van der Waals surface area contributed by atoms with Crippen LogP contribution in [0.4, 0.5) is 0 Å². The Labute approximate surface area is 103 Å². The smallest absolute Gasteiger partial charge is 0.304 e. The minimum atomic E-state index is -3.56. The number of rotatable bonds is 6. The van der Waals surface area contributed by atoms with Gasteiger partial charge < -0.3 is 5.11 Å². The molecule has 0 spiro atoms. The molecule has 7 heteroatoms. The third-order valence-corrected chi connectivity index (χ3v) is 4.01. The average Bonchev–Trinajstić information content (AvgIpc) is 2.10. The van der Waals surface area contributed by atoms with Crippen molar-refractivity contribution in [3.05, 3.63) is 0 Å². The Morgan fingerprint density at radius 2 is 1.65 bits per heavy atom.